The number of fused-ring (bicyclic) bond motifs is 1. The highest BCUT2D eigenvalue weighted by molar-refractivity contribution is 5.95. The van der Waals surface area contributed by atoms with Crippen LogP contribution < -0.4 is 0 Å². The first kappa shape index (κ1) is 13.8. The van der Waals surface area contributed by atoms with Crippen LogP contribution in [-0.4, -0.2) is 37.0 Å². The predicted octanol–water partition coefficient (Wildman–Crippen LogP) is 2.25. The Hall–Kier alpha value is -2.63. The van der Waals surface area contributed by atoms with E-state index in [1.807, 2.05) is 0 Å². The topological polar surface area (TPSA) is 68.2 Å². The van der Waals surface area contributed by atoms with Gasteiger partial charge < -0.3 is 9.47 Å². The second kappa shape index (κ2) is 6.01. The van der Waals surface area contributed by atoms with E-state index in [4.69, 9.17) is 4.74 Å². The third-order valence-corrected chi connectivity index (χ3v) is 2.68. The molecule has 0 aliphatic carbocycles. The molecule has 0 spiro atoms. The molecule has 0 atom stereocenters. The Labute approximate surface area is 116 Å². The summed E-state index contributed by atoms with van der Waals surface area (Å²) < 4.78 is 9.53. The average molecular weight is 274 g/mol. The van der Waals surface area contributed by atoms with Crippen LogP contribution in [-0.2, 0) is 9.47 Å². The maximum atomic E-state index is 11.6. The van der Waals surface area contributed by atoms with Crippen LogP contribution in [0.3, 0.4) is 0 Å². The minimum atomic E-state index is -0.555. The number of hydrogen-bond acceptors (Lipinski definition) is 5. The van der Waals surface area contributed by atoms with Gasteiger partial charge in [-0.25, -0.2) is 9.59 Å². The maximum absolute atomic E-state index is 11.6. The van der Waals surface area contributed by atoms with Crippen LogP contribution in [0.5, 0.6) is 0 Å². The fourth-order valence-electron chi connectivity index (χ4n) is 1.69. The summed E-state index contributed by atoms with van der Waals surface area (Å²) >= 11 is 0. The van der Waals surface area contributed by atoms with E-state index in [1.165, 1.54) is 19.5 Å². The Morgan fingerprint density at radius 3 is 2.80 bits per heavy atom. The van der Waals surface area contributed by atoms with E-state index < -0.39 is 12.1 Å². The van der Waals surface area contributed by atoms with E-state index in [0.29, 0.717) is 5.56 Å². The summed E-state index contributed by atoms with van der Waals surface area (Å²) in [7, 11) is 1.32. The molecule has 1 aliphatic heterocycles. The van der Waals surface area contributed by atoms with Gasteiger partial charge in [0.1, 0.15) is 0 Å². The van der Waals surface area contributed by atoms with Crippen molar-refractivity contribution in [2.75, 3.05) is 13.7 Å². The minimum Gasteiger partial charge on any atom is -0.465 e. The van der Waals surface area contributed by atoms with Crippen LogP contribution in [0.25, 0.3) is 6.08 Å². The molecule has 0 aromatic heterocycles. The van der Waals surface area contributed by atoms with Gasteiger partial charge in [0.15, 0.2) is 0 Å². The molecule has 0 unspecified atom stereocenters. The quantitative estimate of drug-likeness (QED) is 0.776. The number of carbonyl (C=O) groups excluding carboxylic acids is 2. The van der Waals surface area contributed by atoms with Crippen molar-refractivity contribution >= 4 is 24.4 Å². The fourth-order valence-corrected chi connectivity index (χ4v) is 1.69. The zero-order chi connectivity index (χ0) is 14.5. The highest BCUT2D eigenvalue weighted by atomic mass is 16.6. The van der Waals surface area contributed by atoms with Crippen LogP contribution in [0.2, 0.25) is 0 Å². The third-order valence-electron chi connectivity index (χ3n) is 2.68. The second-order valence-electron chi connectivity index (χ2n) is 3.94. The molecule has 1 amide bonds. The van der Waals surface area contributed by atoms with Gasteiger partial charge in [0, 0.05) is 11.8 Å². The standard InChI is InChI=1S/C14H14N2O4/c1-3-20-14(18)16-7-6-10-4-5-11(13(17)19-2)8-12(10)9-15-16/h4-9H,3H2,1-2H3. The molecule has 6 nitrogen and oxygen atoms in total. The number of esters is 1. The van der Waals surface area contributed by atoms with Crippen molar-refractivity contribution in [1.29, 1.82) is 0 Å². The van der Waals surface area contributed by atoms with E-state index in [9.17, 15) is 9.59 Å². The summed E-state index contributed by atoms with van der Waals surface area (Å²) in [6.07, 6.45) is 4.18. The van der Waals surface area contributed by atoms with E-state index in [1.54, 1.807) is 31.2 Å². The minimum absolute atomic E-state index is 0.276. The van der Waals surface area contributed by atoms with Crippen LogP contribution >= 0.6 is 0 Å². The lowest BCUT2D eigenvalue weighted by atomic mass is 10.0. The molecular formula is C14H14N2O4. The first-order valence-corrected chi connectivity index (χ1v) is 6.06. The van der Waals surface area contributed by atoms with E-state index >= 15 is 0 Å². The first-order valence-electron chi connectivity index (χ1n) is 6.06. The predicted molar refractivity (Wildman–Crippen MR) is 73.3 cm³/mol. The molecule has 0 N–H and O–H groups in total. The molecule has 0 saturated carbocycles. The first-order chi connectivity index (χ1) is 9.65. The van der Waals surface area contributed by atoms with Crippen LogP contribution in [0.4, 0.5) is 4.79 Å². The van der Waals surface area contributed by atoms with E-state index in [-0.39, 0.29) is 6.61 Å². The number of carbonyl (C=O) groups is 2. The second-order valence-corrected chi connectivity index (χ2v) is 3.94. The van der Waals surface area contributed by atoms with Gasteiger partial charge in [-0.2, -0.15) is 10.1 Å². The zero-order valence-electron chi connectivity index (χ0n) is 11.2. The average Bonchev–Trinajstić information content (AvgIpc) is 2.68. The molecule has 1 heterocycles. The van der Waals surface area contributed by atoms with Crippen molar-refractivity contribution in [3.05, 3.63) is 41.1 Å². The molecule has 0 bridgehead atoms. The number of amides is 1. The van der Waals surface area contributed by atoms with Crippen molar-refractivity contribution in [2.45, 2.75) is 6.92 Å². The molecule has 1 aromatic carbocycles. The van der Waals surface area contributed by atoms with Gasteiger partial charge in [0.25, 0.3) is 0 Å². The molecule has 0 radical (unpaired) electrons. The number of methoxy groups -OCH3 is 1. The molecule has 2 rings (SSSR count). The lowest BCUT2D eigenvalue weighted by Crippen LogP contribution is -2.20. The summed E-state index contributed by atoms with van der Waals surface area (Å²) in [5.74, 6) is -0.420. The summed E-state index contributed by atoms with van der Waals surface area (Å²) in [4.78, 5) is 23.1. The normalized spacial score (nSPS) is 12.6. The Morgan fingerprint density at radius 1 is 1.30 bits per heavy atom. The summed E-state index contributed by atoms with van der Waals surface area (Å²) in [6, 6.07) is 5.07. The summed E-state index contributed by atoms with van der Waals surface area (Å²) in [6.45, 7) is 2.00. The molecule has 104 valence electrons. The van der Waals surface area contributed by atoms with Crippen LogP contribution in [0, 0.1) is 0 Å². The van der Waals surface area contributed by atoms with Crippen molar-refractivity contribution in [3.63, 3.8) is 0 Å². The lowest BCUT2D eigenvalue weighted by molar-refractivity contribution is 0.0600. The highest BCUT2D eigenvalue weighted by Crippen LogP contribution is 2.16. The number of hydrazone groups is 1. The molecule has 6 heteroatoms. The largest absolute Gasteiger partial charge is 0.465 e. The Balaban J connectivity index is 2.29. The van der Waals surface area contributed by atoms with Crippen molar-refractivity contribution in [1.82, 2.24) is 5.01 Å². The van der Waals surface area contributed by atoms with Gasteiger partial charge >= 0.3 is 12.1 Å². The smallest absolute Gasteiger partial charge is 0.434 e. The van der Waals surface area contributed by atoms with Gasteiger partial charge in [-0.15, -0.1) is 0 Å². The number of ether oxygens (including phenoxy) is 2. The number of benzene rings is 1. The van der Waals surface area contributed by atoms with E-state index in [2.05, 4.69) is 9.84 Å². The van der Waals surface area contributed by atoms with Gasteiger partial charge in [-0.3, -0.25) is 0 Å². The molecule has 0 saturated heterocycles. The maximum Gasteiger partial charge on any atom is 0.434 e. The summed E-state index contributed by atoms with van der Waals surface area (Å²) in [5, 5.41) is 5.10. The monoisotopic (exact) mass is 274 g/mol. The Bertz CT molecular complexity index is 593. The highest BCUT2D eigenvalue weighted by Gasteiger charge is 2.14. The lowest BCUT2D eigenvalue weighted by Gasteiger charge is -2.09. The van der Waals surface area contributed by atoms with Crippen molar-refractivity contribution in [3.8, 4) is 0 Å². The van der Waals surface area contributed by atoms with Gasteiger partial charge in [0.05, 0.1) is 25.5 Å². The number of nitrogens with zero attached hydrogens (tertiary/aromatic N) is 2. The molecule has 0 fully saturated rings. The molecule has 1 aliphatic rings. The Kier molecular flexibility index (Phi) is 4.14. The summed E-state index contributed by atoms with van der Waals surface area (Å²) in [5.41, 5.74) is 1.99. The molecular weight excluding hydrogens is 260 g/mol. The zero-order valence-corrected chi connectivity index (χ0v) is 11.2. The number of hydrogen-bond donors (Lipinski definition) is 0. The van der Waals surface area contributed by atoms with Crippen molar-refractivity contribution < 1.29 is 19.1 Å². The van der Waals surface area contributed by atoms with Crippen LogP contribution in [0.1, 0.15) is 28.4 Å². The SMILES string of the molecule is CCOC(=O)N1C=Cc2ccc(C(=O)OC)cc2C=N1. The Morgan fingerprint density at radius 2 is 2.10 bits per heavy atom. The van der Waals surface area contributed by atoms with Crippen LogP contribution in [0.15, 0.2) is 29.5 Å². The van der Waals surface area contributed by atoms with Gasteiger partial charge in [-0.1, -0.05) is 6.07 Å². The third kappa shape index (κ3) is 2.85. The van der Waals surface area contributed by atoms with Gasteiger partial charge in [-0.05, 0) is 30.7 Å². The number of rotatable bonds is 2. The van der Waals surface area contributed by atoms with Crippen molar-refractivity contribution in [2.24, 2.45) is 5.10 Å². The van der Waals surface area contributed by atoms with Gasteiger partial charge in [0.2, 0.25) is 0 Å². The van der Waals surface area contributed by atoms with E-state index in [0.717, 1.165) is 16.1 Å². The molecule has 20 heavy (non-hydrogen) atoms. The molecule has 1 aromatic rings. The fraction of sp³-hybridized carbons (Fsp3) is 0.214.